The highest BCUT2D eigenvalue weighted by molar-refractivity contribution is 9.10. The molecule has 88 valence electrons. The molecule has 1 amide bonds. The monoisotopic (exact) mass is 361 g/mol. The van der Waals surface area contributed by atoms with Crippen molar-refractivity contribution in [2.75, 3.05) is 5.32 Å². The Morgan fingerprint density at radius 3 is 2.59 bits per heavy atom. The zero-order valence-electron chi connectivity index (χ0n) is 8.34. The van der Waals surface area contributed by atoms with Crippen LogP contribution in [0, 0.1) is 5.82 Å². The Morgan fingerprint density at radius 1 is 1.24 bits per heavy atom. The number of nitrogens with one attached hydrogen (secondary N) is 1. The summed E-state index contributed by atoms with van der Waals surface area (Å²) in [6, 6.07) is 7.16. The predicted octanol–water partition coefficient (Wildman–Crippen LogP) is 4.20. The van der Waals surface area contributed by atoms with Gasteiger partial charge in [-0.05, 0) is 62.2 Å². The minimum atomic E-state index is -0.400. The number of carbonyl (C=O) groups excluding carboxylic acids is 1. The first-order chi connectivity index (χ1) is 8.06. The summed E-state index contributed by atoms with van der Waals surface area (Å²) in [5, 5.41) is 2.60. The van der Waals surface area contributed by atoms with E-state index in [1.54, 1.807) is 6.07 Å². The molecule has 0 saturated heterocycles. The van der Waals surface area contributed by atoms with Crippen molar-refractivity contribution >= 4 is 43.5 Å². The van der Waals surface area contributed by atoms with Gasteiger partial charge >= 0.3 is 0 Å². The van der Waals surface area contributed by atoms with Crippen LogP contribution in [-0.4, -0.2) is 5.91 Å². The Hall–Kier alpha value is -1.14. The number of carbonyl (C=O) groups is 1. The average Bonchev–Trinajstić information content (AvgIpc) is 2.69. The quantitative estimate of drug-likeness (QED) is 0.870. The van der Waals surface area contributed by atoms with Crippen molar-refractivity contribution in [3.05, 3.63) is 51.1 Å². The van der Waals surface area contributed by atoms with Crippen molar-refractivity contribution in [3.8, 4) is 0 Å². The molecule has 1 heterocycles. The fourth-order valence-corrected chi connectivity index (χ4v) is 1.97. The number of amides is 1. The van der Waals surface area contributed by atoms with Gasteiger partial charge in [-0.2, -0.15) is 0 Å². The van der Waals surface area contributed by atoms with E-state index in [-0.39, 0.29) is 11.6 Å². The molecule has 2 aromatic rings. The average molecular weight is 363 g/mol. The lowest BCUT2D eigenvalue weighted by molar-refractivity contribution is 0.0995. The van der Waals surface area contributed by atoms with E-state index in [1.165, 1.54) is 24.3 Å². The van der Waals surface area contributed by atoms with Crippen LogP contribution >= 0.6 is 31.9 Å². The van der Waals surface area contributed by atoms with E-state index in [1.807, 2.05) is 0 Å². The molecule has 0 radical (unpaired) electrons. The smallest absolute Gasteiger partial charge is 0.291 e. The lowest BCUT2D eigenvalue weighted by Crippen LogP contribution is -2.11. The van der Waals surface area contributed by atoms with Crippen LogP contribution in [-0.2, 0) is 0 Å². The van der Waals surface area contributed by atoms with Gasteiger partial charge < -0.3 is 9.73 Å². The first-order valence-electron chi connectivity index (χ1n) is 4.58. The summed E-state index contributed by atoms with van der Waals surface area (Å²) >= 11 is 6.26. The molecule has 1 aromatic heterocycles. The number of furan rings is 1. The summed E-state index contributed by atoms with van der Waals surface area (Å²) in [7, 11) is 0. The first kappa shape index (κ1) is 12.3. The molecule has 2 rings (SSSR count). The minimum absolute atomic E-state index is 0.174. The maximum Gasteiger partial charge on any atom is 0.291 e. The van der Waals surface area contributed by atoms with Crippen LogP contribution in [0.25, 0.3) is 0 Å². The van der Waals surface area contributed by atoms with E-state index >= 15 is 0 Å². The van der Waals surface area contributed by atoms with Crippen LogP contribution in [0.3, 0.4) is 0 Å². The van der Waals surface area contributed by atoms with Crippen LogP contribution in [0.5, 0.6) is 0 Å². The van der Waals surface area contributed by atoms with Gasteiger partial charge in [-0.3, -0.25) is 4.79 Å². The molecule has 3 nitrogen and oxygen atoms in total. The molecule has 0 bridgehead atoms. The van der Waals surface area contributed by atoms with E-state index in [0.29, 0.717) is 14.8 Å². The zero-order valence-corrected chi connectivity index (χ0v) is 11.5. The molecule has 6 heteroatoms. The molecule has 0 unspecified atom stereocenters. The van der Waals surface area contributed by atoms with Gasteiger partial charge in [0.05, 0.1) is 5.69 Å². The van der Waals surface area contributed by atoms with Gasteiger partial charge in [0.2, 0.25) is 0 Å². The fraction of sp³-hybridized carbons (Fsp3) is 0. The maximum atomic E-state index is 12.8. The van der Waals surface area contributed by atoms with Crippen molar-refractivity contribution in [2.24, 2.45) is 0 Å². The van der Waals surface area contributed by atoms with E-state index in [4.69, 9.17) is 4.42 Å². The number of benzene rings is 1. The van der Waals surface area contributed by atoms with E-state index in [2.05, 4.69) is 37.2 Å². The van der Waals surface area contributed by atoms with Crippen LogP contribution < -0.4 is 5.32 Å². The molecule has 0 spiro atoms. The third-order valence-electron chi connectivity index (χ3n) is 1.98. The SMILES string of the molecule is O=C(Nc1ccc(F)cc1Br)c1ccc(Br)o1. The van der Waals surface area contributed by atoms with Gasteiger partial charge in [-0.1, -0.05) is 0 Å². The molecule has 0 atom stereocenters. The lowest BCUT2D eigenvalue weighted by Gasteiger charge is -2.05. The Balaban J connectivity index is 2.18. The van der Waals surface area contributed by atoms with Gasteiger partial charge in [-0.15, -0.1) is 0 Å². The summed E-state index contributed by atoms with van der Waals surface area (Å²) in [6.45, 7) is 0. The molecular formula is C11H6Br2FNO2. The standard InChI is InChI=1S/C11H6Br2FNO2/c12-7-5-6(14)1-2-8(7)15-11(16)9-3-4-10(13)17-9/h1-5H,(H,15,16). The fourth-order valence-electron chi connectivity index (χ4n) is 1.21. The minimum Gasteiger partial charge on any atom is -0.444 e. The van der Waals surface area contributed by atoms with E-state index < -0.39 is 5.91 Å². The van der Waals surface area contributed by atoms with E-state index in [0.717, 1.165) is 0 Å². The van der Waals surface area contributed by atoms with Gasteiger partial charge in [0.1, 0.15) is 5.82 Å². The van der Waals surface area contributed by atoms with Crippen molar-refractivity contribution in [1.82, 2.24) is 0 Å². The Labute approximate surface area is 113 Å². The first-order valence-corrected chi connectivity index (χ1v) is 6.16. The molecule has 1 aromatic carbocycles. The number of hydrogen-bond donors (Lipinski definition) is 1. The predicted molar refractivity (Wildman–Crippen MR) is 68.5 cm³/mol. The van der Waals surface area contributed by atoms with Crippen molar-refractivity contribution in [3.63, 3.8) is 0 Å². The van der Waals surface area contributed by atoms with Crippen molar-refractivity contribution in [1.29, 1.82) is 0 Å². The van der Waals surface area contributed by atoms with Gasteiger partial charge in [-0.25, -0.2) is 4.39 Å². The Morgan fingerprint density at radius 2 is 2.00 bits per heavy atom. The number of hydrogen-bond acceptors (Lipinski definition) is 2. The highest BCUT2D eigenvalue weighted by atomic mass is 79.9. The van der Waals surface area contributed by atoms with Gasteiger partial charge in [0, 0.05) is 4.47 Å². The molecule has 0 aliphatic heterocycles. The normalized spacial score (nSPS) is 10.3. The zero-order chi connectivity index (χ0) is 12.4. The summed E-state index contributed by atoms with van der Waals surface area (Å²) < 4.78 is 18.9. The number of anilines is 1. The summed E-state index contributed by atoms with van der Waals surface area (Å²) in [6.07, 6.45) is 0. The van der Waals surface area contributed by atoms with Crippen molar-refractivity contribution in [2.45, 2.75) is 0 Å². The highest BCUT2D eigenvalue weighted by Crippen LogP contribution is 2.24. The summed E-state index contributed by atoms with van der Waals surface area (Å²) in [4.78, 5) is 11.7. The third kappa shape index (κ3) is 2.95. The Kier molecular flexibility index (Phi) is 3.63. The molecule has 0 fully saturated rings. The van der Waals surface area contributed by atoms with E-state index in [9.17, 15) is 9.18 Å². The molecule has 0 aliphatic carbocycles. The third-order valence-corrected chi connectivity index (χ3v) is 3.06. The molecule has 17 heavy (non-hydrogen) atoms. The Bertz CT molecular complexity index is 568. The maximum absolute atomic E-state index is 12.8. The molecule has 0 saturated carbocycles. The van der Waals surface area contributed by atoms with Crippen LogP contribution in [0.1, 0.15) is 10.6 Å². The van der Waals surface area contributed by atoms with Crippen LogP contribution in [0.15, 0.2) is 43.9 Å². The van der Waals surface area contributed by atoms with Crippen LogP contribution in [0.2, 0.25) is 0 Å². The summed E-state index contributed by atoms with van der Waals surface area (Å²) in [5.74, 6) is -0.605. The largest absolute Gasteiger partial charge is 0.444 e. The lowest BCUT2D eigenvalue weighted by atomic mass is 10.3. The van der Waals surface area contributed by atoms with Gasteiger partial charge in [0.25, 0.3) is 5.91 Å². The molecular weight excluding hydrogens is 357 g/mol. The second-order valence-corrected chi connectivity index (χ2v) is 4.82. The number of halogens is 3. The second kappa shape index (κ2) is 5.01. The van der Waals surface area contributed by atoms with Crippen LogP contribution in [0.4, 0.5) is 10.1 Å². The summed E-state index contributed by atoms with van der Waals surface area (Å²) in [5.41, 5.74) is 0.476. The number of rotatable bonds is 2. The van der Waals surface area contributed by atoms with Gasteiger partial charge in [0.15, 0.2) is 10.4 Å². The second-order valence-electron chi connectivity index (χ2n) is 3.18. The highest BCUT2D eigenvalue weighted by Gasteiger charge is 2.12. The molecule has 0 aliphatic rings. The topological polar surface area (TPSA) is 42.2 Å². The van der Waals surface area contributed by atoms with Crippen molar-refractivity contribution < 1.29 is 13.6 Å². The molecule has 1 N–H and O–H groups in total.